The van der Waals surface area contributed by atoms with Crippen molar-refractivity contribution in [2.75, 3.05) is 4.90 Å². The van der Waals surface area contributed by atoms with Crippen LogP contribution in [-0.2, 0) is 11.2 Å². The molecule has 0 aliphatic carbocycles. The highest BCUT2D eigenvalue weighted by Gasteiger charge is 2.32. The molecule has 2 unspecified atom stereocenters. The summed E-state index contributed by atoms with van der Waals surface area (Å²) >= 11 is 3.53. The lowest BCUT2D eigenvalue weighted by Gasteiger charge is -2.37. The van der Waals surface area contributed by atoms with Gasteiger partial charge in [-0.1, -0.05) is 48.0 Å². The van der Waals surface area contributed by atoms with Crippen LogP contribution in [0.25, 0.3) is 0 Å². The van der Waals surface area contributed by atoms with Gasteiger partial charge in [0.25, 0.3) is 0 Å². The molecule has 0 radical (unpaired) electrons. The van der Waals surface area contributed by atoms with Crippen molar-refractivity contribution in [3.63, 3.8) is 0 Å². The van der Waals surface area contributed by atoms with E-state index in [1.54, 1.807) is 0 Å². The predicted octanol–water partition coefficient (Wildman–Crippen LogP) is 3.77. The van der Waals surface area contributed by atoms with E-state index in [2.05, 4.69) is 48.8 Å². The molecular formula is C15H20BrNO. The molecule has 1 aliphatic rings. The summed E-state index contributed by atoms with van der Waals surface area (Å²) in [7, 11) is 0. The third kappa shape index (κ3) is 2.46. The average molecular weight is 310 g/mol. The van der Waals surface area contributed by atoms with Gasteiger partial charge in [-0.25, -0.2) is 0 Å². The Balaban J connectivity index is 2.35. The second-order valence-electron chi connectivity index (χ2n) is 5.37. The van der Waals surface area contributed by atoms with E-state index in [0.717, 1.165) is 18.5 Å². The van der Waals surface area contributed by atoms with Gasteiger partial charge in [-0.2, -0.15) is 0 Å². The number of halogens is 1. The Morgan fingerprint density at radius 3 is 2.72 bits per heavy atom. The van der Waals surface area contributed by atoms with Gasteiger partial charge in [-0.3, -0.25) is 4.79 Å². The fourth-order valence-electron chi connectivity index (χ4n) is 2.44. The van der Waals surface area contributed by atoms with Crippen molar-refractivity contribution in [1.29, 1.82) is 0 Å². The summed E-state index contributed by atoms with van der Waals surface area (Å²) in [5, 5.41) is 0. The first kappa shape index (κ1) is 13.6. The van der Waals surface area contributed by atoms with Crippen molar-refractivity contribution in [2.45, 2.75) is 44.5 Å². The highest BCUT2D eigenvalue weighted by Crippen LogP contribution is 2.32. The number of fused-ring (bicyclic) bond motifs is 1. The number of rotatable bonds is 2. The summed E-state index contributed by atoms with van der Waals surface area (Å²) in [5.41, 5.74) is 2.37. The molecule has 0 saturated carbocycles. The summed E-state index contributed by atoms with van der Waals surface area (Å²) in [5.74, 6) is 0.489. The van der Waals surface area contributed by atoms with Gasteiger partial charge in [-0.05, 0) is 37.3 Å². The third-order valence-electron chi connectivity index (χ3n) is 3.58. The molecule has 0 N–H and O–H groups in total. The Morgan fingerprint density at radius 1 is 1.39 bits per heavy atom. The van der Waals surface area contributed by atoms with Crippen molar-refractivity contribution >= 4 is 27.5 Å². The van der Waals surface area contributed by atoms with Crippen LogP contribution in [0, 0.1) is 5.92 Å². The van der Waals surface area contributed by atoms with E-state index in [4.69, 9.17) is 0 Å². The number of alkyl halides is 1. The maximum absolute atomic E-state index is 12.6. The molecule has 0 bridgehead atoms. The Morgan fingerprint density at radius 2 is 2.06 bits per heavy atom. The normalized spacial score (nSPS) is 20.7. The standard InChI is InChI=1S/C15H20BrNO/c1-10(2)14(16)15(18)17-11(3)8-9-12-6-4-5-7-13(12)17/h4-7,10-11,14H,8-9H2,1-3H3. The van der Waals surface area contributed by atoms with Crippen LogP contribution in [0.2, 0.25) is 0 Å². The van der Waals surface area contributed by atoms with Crippen LogP contribution in [0.1, 0.15) is 32.8 Å². The van der Waals surface area contributed by atoms with E-state index in [0.29, 0.717) is 5.92 Å². The Labute approximate surface area is 117 Å². The fraction of sp³-hybridized carbons (Fsp3) is 0.533. The van der Waals surface area contributed by atoms with Gasteiger partial charge in [-0.15, -0.1) is 0 Å². The van der Waals surface area contributed by atoms with Gasteiger partial charge in [0.2, 0.25) is 5.91 Å². The van der Waals surface area contributed by atoms with E-state index < -0.39 is 0 Å². The van der Waals surface area contributed by atoms with Crippen LogP contribution in [0.5, 0.6) is 0 Å². The molecule has 1 aliphatic heterocycles. The Hall–Kier alpha value is -0.830. The number of amides is 1. The molecule has 2 atom stereocenters. The van der Waals surface area contributed by atoms with Crippen molar-refractivity contribution in [1.82, 2.24) is 0 Å². The number of anilines is 1. The van der Waals surface area contributed by atoms with E-state index in [1.807, 2.05) is 17.0 Å². The van der Waals surface area contributed by atoms with Crippen LogP contribution in [0.4, 0.5) is 5.69 Å². The predicted molar refractivity (Wildman–Crippen MR) is 79.3 cm³/mol. The van der Waals surface area contributed by atoms with Crippen LogP contribution in [0.15, 0.2) is 24.3 Å². The van der Waals surface area contributed by atoms with Crippen LogP contribution < -0.4 is 4.90 Å². The minimum atomic E-state index is -0.105. The first-order valence-electron chi connectivity index (χ1n) is 6.57. The lowest BCUT2D eigenvalue weighted by molar-refractivity contribution is -0.119. The van der Waals surface area contributed by atoms with Crippen molar-refractivity contribution in [3.05, 3.63) is 29.8 Å². The van der Waals surface area contributed by atoms with Gasteiger partial charge < -0.3 is 4.90 Å². The highest BCUT2D eigenvalue weighted by molar-refractivity contribution is 9.10. The van der Waals surface area contributed by atoms with Crippen LogP contribution in [0.3, 0.4) is 0 Å². The topological polar surface area (TPSA) is 20.3 Å². The number of hydrogen-bond acceptors (Lipinski definition) is 1. The quantitative estimate of drug-likeness (QED) is 0.761. The highest BCUT2D eigenvalue weighted by atomic mass is 79.9. The third-order valence-corrected chi connectivity index (χ3v) is 5.03. The zero-order valence-electron chi connectivity index (χ0n) is 11.2. The number of carbonyl (C=O) groups excluding carboxylic acids is 1. The SMILES string of the molecule is CC(C)C(Br)C(=O)N1c2ccccc2CCC1C. The van der Waals surface area contributed by atoms with Crippen LogP contribution >= 0.6 is 15.9 Å². The van der Waals surface area contributed by atoms with Gasteiger partial charge in [0.15, 0.2) is 0 Å². The lowest BCUT2D eigenvalue weighted by atomic mass is 9.95. The summed E-state index contributed by atoms with van der Waals surface area (Å²) in [6.07, 6.45) is 2.11. The second kappa shape index (κ2) is 5.43. The fourth-order valence-corrected chi connectivity index (χ4v) is 2.66. The maximum atomic E-state index is 12.6. The molecule has 0 fully saturated rings. The monoisotopic (exact) mass is 309 g/mol. The molecule has 2 rings (SSSR count). The van der Waals surface area contributed by atoms with E-state index >= 15 is 0 Å². The molecule has 3 heteroatoms. The molecule has 0 aromatic heterocycles. The zero-order chi connectivity index (χ0) is 13.3. The molecule has 0 saturated heterocycles. The number of para-hydroxylation sites is 1. The first-order valence-corrected chi connectivity index (χ1v) is 7.49. The lowest BCUT2D eigenvalue weighted by Crippen LogP contribution is -2.46. The number of carbonyl (C=O) groups is 1. The molecule has 1 aromatic carbocycles. The van der Waals surface area contributed by atoms with Gasteiger partial charge in [0.1, 0.15) is 0 Å². The summed E-state index contributed by atoms with van der Waals surface area (Å²) in [6.45, 7) is 6.27. The minimum absolute atomic E-state index is 0.105. The maximum Gasteiger partial charge on any atom is 0.241 e. The van der Waals surface area contributed by atoms with E-state index in [1.165, 1.54) is 5.56 Å². The van der Waals surface area contributed by atoms with Crippen molar-refractivity contribution in [3.8, 4) is 0 Å². The molecule has 0 spiro atoms. The molecule has 2 nitrogen and oxygen atoms in total. The average Bonchev–Trinajstić information content (AvgIpc) is 2.37. The second-order valence-corrected chi connectivity index (χ2v) is 6.36. The first-order chi connectivity index (χ1) is 8.52. The molecule has 1 amide bonds. The number of nitrogens with zero attached hydrogens (tertiary/aromatic N) is 1. The smallest absolute Gasteiger partial charge is 0.241 e. The van der Waals surface area contributed by atoms with Crippen molar-refractivity contribution in [2.24, 2.45) is 5.92 Å². The van der Waals surface area contributed by atoms with Crippen molar-refractivity contribution < 1.29 is 4.79 Å². The largest absolute Gasteiger partial charge is 0.308 e. The van der Waals surface area contributed by atoms with Gasteiger partial charge >= 0.3 is 0 Å². The summed E-state index contributed by atoms with van der Waals surface area (Å²) < 4.78 is 0. The van der Waals surface area contributed by atoms with E-state index in [9.17, 15) is 4.79 Å². The van der Waals surface area contributed by atoms with Gasteiger partial charge in [0.05, 0.1) is 4.83 Å². The Bertz CT molecular complexity index is 444. The zero-order valence-corrected chi connectivity index (χ0v) is 12.8. The number of benzene rings is 1. The molecule has 1 heterocycles. The summed E-state index contributed by atoms with van der Waals surface area (Å²) in [6, 6.07) is 8.52. The molecule has 1 aromatic rings. The number of aryl methyl sites for hydroxylation is 1. The molecule has 98 valence electrons. The van der Waals surface area contributed by atoms with Gasteiger partial charge in [0, 0.05) is 11.7 Å². The molecular weight excluding hydrogens is 290 g/mol. The summed E-state index contributed by atoms with van der Waals surface area (Å²) in [4.78, 5) is 14.5. The Kier molecular flexibility index (Phi) is 4.10. The minimum Gasteiger partial charge on any atom is -0.308 e. The number of hydrogen-bond donors (Lipinski definition) is 0. The van der Waals surface area contributed by atoms with E-state index in [-0.39, 0.29) is 16.8 Å². The van der Waals surface area contributed by atoms with Crippen LogP contribution in [-0.4, -0.2) is 16.8 Å². The molecule has 18 heavy (non-hydrogen) atoms.